The standard InChI is InChI=1S/C15H20F3N/c1-10(2)14-9-19-8-7-13(14)11-3-5-12(6-4-11)15(16,17)18/h3-6,10,13-14,19H,7-9H2,1-2H3. The topological polar surface area (TPSA) is 12.0 Å². The van der Waals surface area contributed by atoms with E-state index in [0.29, 0.717) is 17.8 Å². The molecule has 1 aromatic rings. The number of halogens is 3. The molecule has 106 valence electrons. The Labute approximate surface area is 112 Å². The van der Waals surface area contributed by atoms with Gasteiger partial charge in [0.1, 0.15) is 0 Å². The number of benzene rings is 1. The molecule has 4 heteroatoms. The fraction of sp³-hybridized carbons (Fsp3) is 0.600. The van der Waals surface area contributed by atoms with Crippen molar-refractivity contribution in [3.05, 3.63) is 35.4 Å². The first-order valence-corrected chi connectivity index (χ1v) is 6.77. The third kappa shape index (κ3) is 3.30. The van der Waals surface area contributed by atoms with Crippen LogP contribution in [0, 0.1) is 11.8 Å². The first-order valence-electron chi connectivity index (χ1n) is 6.77. The summed E-state index contributed by atoms with van der Waals surface area (Å²) in [5.41, 5.74) is 0.472. The van der Waals surface area contributed by atoms with E-state index in [9.17, 15) is 13.2 Å². The number of alkyl halides is 3. The van der Waals surface area contributed by atoms with Crippen LogP contribution < -0.4 is 5.32 Å². The van der Waals surface area contributed by atoms with Gasteiger partial charge in [0, 0.05) is 0 Å². The fourth-order valence-corrected chi connectivity index (χ4v) is 2.92. The van der Waals surface area contributed by atoms with Gasteiger partial charge in [0.2, 0.25) is 0 Å². The van der Waals surface area contributed by atoms with Gasteiger partial charge in [-0.15, -0.1) is 0 Å². The summed E-state index contributed by atoms with van der Waals surface area (Å²) in [6, 6.07) is 5.70. The molecule has 1 aromatic carbocycles. The Morgan fingerprint density at radius 2 is 1.79 bits per heavy atom. The molecule has 1 nitrogen and oxygen atoms in total. The van der Waals surface area contributed by atoms with Gasteiger partial charge in [0.15, 0.2) is 0 Å². The SMILES string of the molecule is CC(C)C1CNCCC1c1ccc(C(F)(F)F)cc1. The highest BCUT2D eigenvalue weighted by Crippen LogP contribution is 2.36. The molecular formula is C15H20F3N. The lowest BCUT2D eigenvalue weighted by atomic mass is 9.75. The van der Waals surface area contributed by atoms with Gasteiger partial charge in [0.05, 0.1) is 5.56 Å². The summed E-state index contributed by atoms with van der Waals surface area (Å²) in [7, 11) is 0. The second kappa shape index (κ2) is 5.53. The Kier molecular flexibility index (Phi) is 4.19. The van der Waals surface area contributed by atoms with Crippen molar-refractivity contribution in [2.45, 2.75) is 32.4 Å². The predicted octanol–water partition coefficient (Wildman–Crippen LogP) is 4.05. The van der Waals surface area contributed by atoms with Crippen molar-refractivity contribution >= 4 is 0 Å². The molecule has 1 heterocycles. The average Bonchev–Trinajstić information content (AvgIpc) is 2.38. The maximum Gasteiger partial charge on any atom is 0.416 e. The van der Waals surface area contributed by atoms with Crippen LogP contribution in [-0.4, -0.2) is 13.1 Å². The van der Waals surface area contributed by atoms with Crippen molar-refractivity contribution in [2.75, 3.05) is 13.1 Å². The normalized spacial score (nSPS) is 24.7. The largest absolute Gasteiger partial charge is 0.416 e. The van der Waals surface area contributed by atoms with Crippen LogP contribution in [0.5, 0.6) is 0 Å². The zero-order valence-electron chi connectivity index (χ0n) is 11.3. The van der Waals surface area contributed by atoms with Crippen LogP contribution in [0.25, 0.3) is 0 Å². The lowest BCUT2D eigenvalue weighted by Crippen LogP contribution is -2.38. The van der Waals surface area contributed by atoms with E-state index in [1.807, 2.05) is 0 Å². The molecule has 1 fully saturated rings. The molecule has 0 saturated carbocycles. The summed E-state index contributed by atoms with van der Waals surface area (Å²) in [6.45, 7) is 6.24. The minimum Gasteiger partial charge on any atom is -0.316 e. The van der Waals surface area contributed by atoms with E-state index in [0.717, 1.165) is 25.1 Å². The first kappa shape index (κ1) is 14.4. The molecule has 2 unspecified atom stereocenters. The molecule has 0 amide bonds. The fourth-order valence-electron chi connectivity index (χ4n) is 2.92. The number of piperidine rings is 1. The minimum absolute atomic E-state index is 0.364. The van der Waals surface area contributed by atoms with E-state index in [2.05, 4.69) is 19.2 Å². The molecule has 0 bridgehead atoms. The quantitative estimate of drug-likeness (QED) is 0.855. The van der Waals surface area contributed by atoms with E-state index in [1.54, 1.807) is 12.1 Å². The van der Waals surface area contributed by atoms with Gasteiger partial charge in [-0.1, -0.05) is 26.0 Å². The third-order valence-electron chi connectivity index (χ3n) is 4.05. The zero-order chi connectivity index (χ0) is 14.0. The van der Waals surface area contributed by atoms with E-state index in [-0.39, 0.29) is 0 Å². The van der Waals surface area contributed by atoms with E-state index in [4.69, 9.17) is 0 Å². The smallest absolute Gasteiger partial charge is 0.316 e. The molecule has 1 aliphatic heterocycles. The summed E-state index contributed by atoms with van der Waals surface area (Å²) in [5.74, 6) is 1.38. The van der Waals surface area contributed by atoms with Crippen molar-refractivity contribution < 1.29 is 13.2 Å². The van der Waals surface area contributed by atoms with Gasteiger partial charge in [-0.05, 0) is 55.0 Å². The Bertz CT molecular complexity index is 408. The molecule has 19 heavy (non-hydrogen) atoms. The highest BCUT2D eigenvalue weighted by Gasteiger charge is 2.32. The summed E-state index contributed by atoms with van der Waals surface area (Å²) < 4.78 is 37.7. The Morgan fingerprint density at radius 1 is 1.16 bits per heavy atom. The highest BCUT2D eigenvalue weighted by molar-refractivity contribution is 5.28. The number of hydrogen-bond donors (Lipinski definition) is 1. The van der Waals surface area contributed by atoms with Gasteiger partial charge in [-0.25, -0.2) is 0 Å². The van der Waals surface area contributed by atoms with Crippen LogP contribution in [0.4, 0.5) is 13.2 Å². The summed E-state index contributed by atoms with van der Waals surface area (Å²) in [5, 5.41) is 3.37. The van der Waals surface area contributed by atoms with E-state index >= 15 is 0 Å². The molecule has 0 aromatic heterocycles. The number of hydrogen-bond acceptors (Lipinski definition) is 1. The zero-order valence-corrected chi connectivity index (χ0v) is 11.3. The van der Waals surface area contributed by atoms with Gasteiger partial charge in [-0.3, -0.25) is 0 Å². The van der Waals surface area contributed by atoms with Gasteiger partial charge >= 0.3 is 6.18 Å². The summed E-state index contributed by atoms with van der Waals surface area (Å²) in [6.07, 6.45) is -3.25. The van der Waals surface area contributed by atoms with E-state index in [1.165, 1.54) is 12.1 Å². The second-order valence-corrected chi connectivity index (χ2v) is 5.63. The maximum absolute atomic E-state index is 12.6. The molecule has 2 rings (SSSR count). The Balaban J connectivity index is 2.20. The third-order valence-corrected chi connectivity index (χ3v) is 4.05. The Hall–Kier alpha value is -1.03. The summed E-state index contributed by atoms with van der Waals surface area (Å²) in [4.78, 5) is 0. The number of rotatable bonds is 2. The number of nitrogens with one attached hydrogen (secondary N) is 1. The molecule has 2 atom stereocenters. The van der Waals surface area contributed by atoms with Crippen LogP contribution in [0.15, 0.2) is 24.3 Å². The van der Waals surface area contributed by atoms with Crippen molar-refractivity contribution in [2.24, 2.45) is 11.8 Å². The van der Waals surface area contributed by atoms with Gasteiger partial charge in [-0.2, -0.15) is 13.2 Å². The van der Waals surface area contributed by atoms with Crippen LogP contribution in [0.3, 0.4) is 0 Å². The van der Waals surface area contributed by atoms with Gasteiger partial charge in [0.25, 0.3) is 0 Å². The van der Waals surface area contributed by atoms with Crippen molar-refractivity contribution in [3.63, 3.8) is 0 Å². The van der Waals surface area contributed by atoms with Crippen LogP contribution in [0.1, 0.15) is 37.3 Å². The average molecular weight is 271 g/mol. The maximum atomic E-state index is 12.6. The molecule has 0 spiro atoms. The van der Waals surface area contributed by atoms with Crippen LogP contribution in [0.2, 0.25) is 0 Å². The first-order chi connectivity index (χ1) is 8.89. The molecule has 1 N–H and O–H groups in total. The highest BCUT2D eigenvalue weighted by atomic mass is 19.4. The lowest BCUT2D eigenvalue weighted by Gasteiger charge is -2.35. The van der Waals surface area contributed by atoms with E-state index < -0.39 is 11.7 Å². The molecule has 0 aliphatic carbocycles. The summed E-state index contributed by atoms with van der Waals surface area (Å²) >= 11 is 0. The van der Waals surface area contributed by atoms with Crippen molar-refractivity contribution in [3.8, 4) is 0 Å². The molecular weight excluding hydrogens is 251 g/mol. The monoisotopic (exact) mass is 271 g/mol. The van der Waals surface area contributed by atoms with Crippen molar-refractivity contribution in [1.29, 1.82) is 0 Å². The molecule has 0 radical (unpaired) electrons. The van der Waals surface area contributed by atoms with Gasteiger partial charge < -0.3 is 5.32 Å². The lowest BCUT2D eigenvalue weighted by molar-refractivity contribution is -0.137. The Morgan fingerprint density at radius 3 is 2.32 bits per heavy atom. The predicted molar refractivity (Wildman–Crippen MR) is 70.0 cm³/mol. The second-order valence-electron chi connectivity index (χ2n) is 5.63. The molecule has 1 saturated heterocycles. The van der Waals surface area contributed by atoms with Crippen LogP contribution in [-0.2, 0) is 6.18 Å². The minimum atomic E-state index is -4.25. The molecule has 1 aliphatic rings. The van der Waals surface area contributed by atoms with Crippen molar-refractivity contribution in [1.82, 2.24) is 5.32 Å². The van der Waals surface area contributed by atoms with Crippen LogP contribution >= 0.6 is 0 Å².